The molecule has 7 nitrogen and oxygen atoms in total. The van der Waals surface area contributed by atoms with Gasteiger partial charge in [0.25, 0.3) is 5.91 Å². The number of carbonyl (C=O) groups excluding carboxylic acids is 2. The predicted octanol–water partition coefficient (Wildman–Crippen LogP) is 2.46. The molecule has 0 radical (unpaired) electrons. The molecule has 2 unspecified atom stereocenters. The second-order valence-electron chi connectivity index (χ2n) is 10.5. The van der Waals surface area contributed by atoms with Crippen LogP contribution in [0.3, 0.4) is 0 Å². The Kier molecular flexibility index (Phi) is 4.82. The van der Waals surface area contributed by atoms with Crippen LogP contribution in [0.15, 0.2) is 6.07 Å². The van der Waals surface area contributed by atoms with E-state index in [4.69, 9.17) is 5.73 Å². The lowest BCUT2D eigenvalue weighted by atomic mass is 9.47. The second kappa shape index (κ2) is 7.27. The SMILES string of the molecule is CCCN(CC1CC1)c1cc(C(=O)NC2C3CC4CC2CC(C(N)=O)(C4)C3)nn1C. The minimum Gasteiger partial charge on any atom is -0.369 e. The maximum absolute atomic E-state index is 13.1. The van der Waals surface area contributed by atoms with E-state index in [9.17, 15) is 9.59 Å². The van der Waals surface area contributed by atoms with Crippen LogP contribution in [-0.4, -0.2) is 40.7 Å². The molecule has 5 aliphatic carbocycles. The number of anilines is 1. The lowest BCUT2D eigenvalue weighted by Gasteiger charge is -2.58. The highest BCUT2D eigenvalue weighted by molar-refractivity contribution is 5.93. The van der Waals surface area contributed by atoms with Crippen molar-refractivity contribution in [2.24, 2.45) is 41.9 Å². The van der Waals surface area contributed by atoms with Gasteiger partial charge in [0.2, 0.25) is 5.91 Å². The fourth-order valence-corrected chi connectivity index (χ4v) is 6.83. The van der Waals surface area contributed by atoms with E-state index in [0.29, 0.717) is 23.4 Å². The molecule has 1 aromatic rings. The molecular formula is C23H35N5O2. The van der Waals surface area contributed by atoms with Crippen molar-refractivity contribution in [3.8, 4) is 0 Å². The Bertz CT molecular complexity index is 829. The van der Waals surface area contributed by atoms with E-state index in [-0.39, 0.29) is 23.3 Å². The number of hydrogen-bond donors (Lipinski definition) is 2. The molecule has 1 aromatic heterocycles. The summed E-state index contributed by atoms with van der Waals surface area (Å²) in [7, 11) is 1.93. The van der Waals surface area contributed by atoms with Crippen LogP contribution in [0.25, 0.3) is 0 Å². The third kappa shape index (κ3) is 3.40. The lowest BCUT2D eigenvalue weighted by Crippen LogP contribution is -2.62. The first-order chi connectivity index (χ1) is 14.4. The number of rotatable bonds is 8. The molecule has 30 heavy (non-hydrogen) atoms. The van der Waals surface area contributed by atoms with Gasteiger partial charge in [-0.05, 0) is 75.0 Å². The van der Waals surface area contributed by atoms with Crippen molar-refractivity contribution < 1.29 is 9.59 Å². The summed E-state index contributed by atoms with van der Waals surface area (Å²) in [5.74, 6) is 2.93. The van der Waals surface area contributed by atoms with Crippen LogP contribution in [0.1, 0.15) is 68.8 Å². The van der Waals surface area contributed by atoms with Crippen molar-refractivity contribution in [3.05, 3.63) is 11.8 Å². The number of primary amides is 1. The minimum absolute atomic E-state index is 0.0784. The highest BCUT2D eigenvalue weighted by atomic mass is 16.2. The molecule has 2 amide bonds. The number of nitrogens with one attached hydrogen (secondary N) is 1. The zero-order valence-corrected chi connectivity index (χ0v) is 18.3. The van der Waals surface area contributed by atoms with E-state index >= 15 is 0 Å². The first-order valence-electron chi connectivity index (χ1n) is 11.8. The number of amides is 2. The third-order valence-electron chi connectivity index (χ3n) is 8.17. The molecule has 6 rings (SSSR count). The average molecular weight is 414 g/mol. The van der Waals surface area contributed by atoms with Gasteiger partial charge in [0, 0.05) is 37.7 Å². The molecule has 5 saturated carbocycles. The van der Waals surface area contributed by atoms with Gasteiger partial charge in [0.1, 0.15) is 5.82 Å². The Morgan fingerprint density at radius 3 is 2.57 bits per heavy atom. The molecule has 0 aromatic carbocycles. The van der Waals surface area contributed by atoms with E-state index in [2.05, 4.69) is 22.2 Å². The van der Waals surface area contributed by atoms with Crippen molar-refractivity contribution in [2.45, 2.75) is 64.3 Å². The van der Waals surface area contributed by atoms with Gasteiger partial charge in [-0.3, -0.25) is 14.3 Å². The lowest BCUT2D eigenvalue weighted by molar-refractivity contribution is -0.145. The molecule has 3 N–H and O–H groups in total. The summed E-state index contributed by atoms with van der Waals surface area (Å²) in [6.07, 6.45) is 8.53. The van der Waals surface area contributed by atoms with E-state index in [1.807, 2.05) is 17.8 Å². The van der Waals surface area contributed by atoms with Gasteiger partial charge in [-0.25, -0.2) is 0 Å². The molecule has 5 aliphatic rings. The normalized spacial score (nSPS) is 34.2. The van der Waals surface area contributed by atoms with Gasteiger partial charge in [-0.15, -0.1) is 0 Å². The van der Waals surface area contributed by atoms with Gasteiger partial charge in [0.15, 0.2) is 5.69 Å². The summed E-state index contributed by atoms with van der Waals surface area (Å²) in [5.41, 5.74) is 5.98. The number of carbonyl (C=O) groups is 2. The molecule has 7 heteroatoms. The van der Waals surface area contributed by atoms with Gasteiger partial charge in [0.05, 0.1) is 0 Å². The standard InChI is InChI=1S/C23H35N5O2/c1-3-6-28(13-14-4-5-14)19-9-18(26-27(19)2)21(29)25-20-16-7-15-8-17(20)12-23(10-15,11-16)22(24)30/h9,14-17,20H,3-8,10-13H2,1-2H3,(H2,24,30)(H,25,29). The first-order valence-corrected chi connectivity index (χ1v) is 11.8. The number of aromatic nitrogens is 2. The quantitative estimate of drug-likeness (QED) is 0.685. The molecule has 0 saturated heterocycles. The van der Waals surface area contributed by atoms with Crippen molar-refractivity contribution in [1.29, 1.82) is 0 Å². The van der Waals surface area contributed by atoms with Crippen LogP contribution in [0.4, 0.5) is 5.82 Å². The fraction of sp³-hybridized carbons (Fsp3) is 0.783. The average Bonchev–Trinajstić information content (AvgIpc) is 3.42. The summed E-state index contributed by atoms with van der Waals surface area (Å²) in [4.78, 5) is 27.7. The first kappa shape index (κ1) is 19.9. The van der Waals surface area contributed by atoms with E-state index < -0.39 is 0 Å². The van der Waals surface area contributed by atoms with Gasteiger partial charge in [-0.2, -0.15) is 5.10 Å². The summed E-state index contributed by atoms with van der Waals surface area (Å²) >= 11 is 0. The van der Waals surface area contributed by atoms with Gasteiger partial charge in [-0.1, -0.05) is 6.92 Å². The monoisotopic (exact) mass is 413 g/mol. The zero-order valence-electron chi connectivity index (χ0n) is 18.3. The Labute approximate surface area is 178 Å². The molecule has 1 heterocycles. The number of nitrogens with zero attached hydrogens (tertiary/aromatic N) is 3. The number of hydrogen-bond acceptors (Lipinski definition) is 4. The maximum Gasteiger partial charge on any atom is 0.272 e. The topological polar surface area (TPSA) is 93.2 Å². The molecular weight excluding hydrogens is 378 g/mol. The summed E-state index contributed by atoms with van der Waals surface area (Å²) < 4.78 is 1.85. The molecule has 4 bridgehead atoms. The van der Waals surface area contributed by atoms with Crippen LogP contribution in [0.5, 0.6) is 0 Å². The fourth-order valence-electron chi connectivity index (χ4n) is 6.83. The van der Waals surface area contributed by atoms with Crippen molar-refractivity contribution in [1.82, 2.24) is 15.1 Å². The summed E-state index contributed by atoms with van der Waals surface area (Å²) in [6.45, 7) is 4.23. The highest BCUT2D eigenvalue weighted by Crippen LogP contribution is 2.59. The molecule has 0 spiro atoms. The van der Waals surface area contributed by atoms with Crippen LogP contribution in [-0.2, 0) is 11.8 Å². The van der Waals surface area contributed by atoms with Crippen LogP contribution < -0.4 is 16.0 Å². The van der Waals surface area contributed by atoms with Crippen molar-refractivity contribution >= 4 is 17.6 Å². The van der Waals surface area contributed by atoms with Gasteiger partial charge >= 0.3 is 0 Å². The van der Waals surface area contributed by atoms with Crippen LogP contribution >= 0.6 is 0 Å². The van der Waals surface area contributed by atoms with E-state index in [0.717, 1.165) is 63.4 Å². The molecule has 164 valence electrons. The molecule has 0 aliphatic heterocycles. The third-order valence-corrected chi connectivity index (χ3v) is 8.17. The van der Waals surface area contributed by atoms with Crippen LogP contribution in [0, 0.1) is 29.1 Å². The van der Waals surface area contributed by atoms with Crippen LogP contribution in [0.2, 0.25) is 0 Å². The second-order valence-corrected chi connectivity index (χ2v) is 10.5. The number of aryl methyl sites for hydroxylation is 1. The predicted molar refractivity (Wildman–Crippen MR) is 115 cm³/mol. The Balaban J connectivity index is 1.30. The zero-order chi connectivity index (χ0) is 21.0. The largest absolute Gasteiger partial charge is 0.369 e. The minimum atomic E-state index is -0.320. The van der Waals surface area contributed by atoms with E-state index in [1.165, 1.54) is 12.8 Å². The Hall–Kier alpha value is -2.05. The van der Waals surface area contributed by atoms with Crippen molar-refractivity contribution in [3.63, 3.8) is 0 Å². The smallest absolute Gasteiger partial charge is 0.272 e. The molecule has 5 fully saturated rings. The highest BCUT2D eigenvalue weighted by Gasteiger charge is 2.58. The Morgan fingerprint density at radius 2 is 1.97 bits per heavy atom. The maximum atomic E-state index is 13.1. The summed E-state index contributed by atoms with van der Waals surface area (Å²) in [6, 6.07) is 2.10. The summed E-state index contributed by atoms with van der Waals surface area (Å²) in [5, 5.41) is 7.87. The Morgan fingerprint density at radius 1 is 1.27 bits per heavy atom. The van der Waals surface area contributed by atoms with E-state index in [1.54, 1.807) is 0 Å². The van der Waals surface area contributed by atoms with Crippen molar-refractivity contribution in [2.75, 3.05) is 18.0 Å². The van der Waals surface area contributed by atoms with Gasteiger partial charge < -0.3 is 16.0 Å². The molecule has 2 atom stereocenters. The number of nitrogens with two attached hydrogens (primary N) is 1.